The van der Waals surface area contributed by atoms with Gasteiger partial charge in [-0.15, -0.1) is 0 Å². The number of rotatable bonds is 3. The first kappa shape index (κ1) is 20.2. The first-order chi connectivity index (χ1) is 12.9. The number of aryl methyl sites for hydroxylation is 1. The van der Waals surface area contributed by atoms with Gasteiger partial charge in [0.15, 0.2) is 26.5 Å². The summed E-state index contributed by atoms with van der Waals surface area (Å²) in [5.41, 5.74) is -0.856. The molecule has 0 fully saturated rings. The molecule has 0 bridgehead atoms. The lowest BCUT2D eigenvalue weighted by atomic mass is 10.0. The monoisotopic (exact) mass is 426 g/mol. The summed E-state index contributed by atoms with van der Waals surface area (Å²) in [6.07, 6.45) is 2.31. The molecule has 11 heteroatoms. The largest absolute Gasteiger partial charge is 0.334 e. The van der Waals surface area contributed by atoms with Crippen molar-refractivity contribution in [2.45, 2.75) is 31.6 Å². The molecule has 0 amide bonds. The molecule has 0 aliphatic rings. The number of nitrogens with zero attached hydrogens (tertiary/aromatic N) is 3. The number of sulfone groups is 1. The number of aromatic nitrogens is 4. The van der Waals surface area contributed by atoms with Gasteiger partial charge in [0.2, 0.25) is 0 Å². The molecular weight excluding hydrogens is 411 g/mol. The van der Waals surface area contributed by atoms with Crippen LogP contribution in [0, 0.1) is 12.7 Å². The Bertz CT molecular complexity index is 1350. The van der Waals surface area contributed by atoms with Gasteiger partial charge in [0, 0.05) is 12.5 Å². The lowest BCUT2D eigenvalue weighted by molar-refractivity contribution is 0.570. The van der Waals surface area contributed by atoms with E-state index in [1.54, 1.807) is 19.2 Å². The van der Waals surface area contributed by atoms with Crippen LogP contribution < -0.4 is 11.2 Å². The Balaban J connectivity index is 2.69. The third-order valence-corrected chi connectivity index (χ3v) is 5.57. The second kappa shape index (κ2) is 6.78. The molecule has 148 valence electrons. The normalized spacial score (nSPS) is 12.1. The lowest BCUT2D eigenvalue weighted by Gasteiger charge is -2.18. The fourth-order valence-corrected chi connectivity index (χ4v) is 4.23. The molecule has 0 aliphatic carbocycles. The van der Waals surface area contributed by atoms with Crippen molar-refractivity contribution in [3.63, 3.8) is 0 Å². The van der Waals surface area contributed by atoms with Crippen LogP contribution in [-0.4, -0.2) is 34.2 Å². The van der Waals surface area contributed by atoms with Gasteiger partial charge in [-0.05, 0) is 24.5 Å². The van der Waals surface area contributed by atoms with Gasteiger partial charge in [0.25, 0.3) is 5.56 Å². The Kier molecular flexibility index (Phi) is 4.88. The van der Waals surface area contributed by atoms with Crippen molar-refractivity contribution in [2.75, 3.05) is 6.26 Å². The van der Waals surface area contributed by atoms with Crippen molar-refractivity contribution in [3.8, 4) is 5.69 Å². The number of H-pyrrole nitrogens is 1. The number of halogens is 2. The highest BCUT2D eigenvalue weighted by Gasteiger charge is 2.28. The first-order valence-corrected chi connectivity index (χ1v) is 10.4. The van der Waals surface area contributed by atoms with E-state index >= 15 is 0 Å². The maximum atomic E-state index is 14.5. The van der Waals surface area contributed by atoms with Crippen LogP contribution in [0.25, 0.3) is 16.7 Å². The number of aromatic amines is 1. The van der Waals surface area contributed by atoms with Crippen LogP contribution in [-0.2, 0) is 9.84 Å². The maximum absolute atomic E-state index is 14.5. The average Bonchev–Trinajstić information content (AvgIpc) is 2.56. The van der Waals surface area contributed by atoms with E-state index in [0.29, 0.717) is 16.9 Å². The molecule has 0 atom stereocenters. The van der Waals surface area contributed by atoms with E-state index in [1.165, 1.54) is 0 Å². The highest BCUT2D eigenvalue weighted by atomic mass is 35.5. The van der Waals surface area contributed by atoms with Gasteiger partial charge in [-0.2, -0.15) is 0 Å². The molecule has 0 aliphatic heterocycles. The number of fused-ring (bicyclic) bond motifs is 1. The molecule has 3 aromatic rings. The molecule has 0 saturated carbocycles. The van der Waals surface area contributed by atoms with Crippen molar-refractivity contribution < 1.29 is 12.8 Å². The molecule has 0 unspecified atom stereocenters. The third-order valence-electron chi connectivity index (χ3n) is 4.19. The van der Waals surface area contributed by atoms with Crippen LogP contribution in [0.5, 0.6) is 0 Å². The molecule has 28 heavy (non-hydrogen) atoms. The zero-order valence-corrected chi connectivity index (χ0v) is 16.9. The summed E-state index contributed by atoms with van der Waals surface area (Å²) in [4.78, 5) is 34.4. The van der Waals surface area contributed by atoms with Gasteiger partial charge < -0.3 is 0 Å². The molecule has 3 heterocycles. The summed E-state index contributed by atoms with van der Waals surface area (Å²) in [6.45, 7) is 5.42. The molecule has 0 aromatic carbocycles. The minimum atomic E-state index is -4.20. The molecule has 8 nitrogen and oxygen atoms in total. The van der Waals surface area contributed by atoms with Gasteiger partial charge in [-0.25, -0.2) is 27.2 Å². The standard InChI is InChI=1S/C17H16ClFN4O4S/c1-7(2)11-12(8(3)5-6-20-11)23-15-9(16(24)22-17(23)25)13(28(4,26)27)10(19)14(18)21-15/h5-7H,1-4H3,(H,22,24,25). The van der Waals surface area contributed by atoms with Gasteiger partial charge in [-0.1, -0.05) is 25.4 Å². The van der Waals surface area contributed by atoms with Crippen LogP contribution in [0.2, 0.25) is 5.15 Å². The summed E-state index contributed by atoms with van der Waals surface area (Å²) in [6, 6.07) is 1.65. The van der Waals surface area contributed by atoms with Crippen LogP contribution >= 0.6 is 11.6 Å². The Morgan fingerprint density at radius 2 is 1.93 bits per heavy atom. The summed E-state index contributed by atoms with van der Waals surface area (Å²) >= 11 is 5.81. The van der Waals surface area contributed by atoms with E-state index in [-0.39, 0.29) is 11.6 Å². The van der Waals surface area contributed by atoms with Crippen molar-refractivity contribution >= 4 is 32.5 Å². The number of hydrogen-bond donors (Lipinski definition) is 1. The van der Waals surface area contributed by atoms with Crippen LogP contribution in [0.3, 0.4) is 0 Å². The van der Waals surface area contributed by atoms with E-state index in [9.17, 15) is 22.4 Å². The highest BCUT2D eigenvalue weighted by molar-refractivity contribution is 7.91. The summed E-state index contributed by atoms with van der Waals surface area (Å²) in [5.74, 6) is -1.46. The predicted molar refractivity (Wildman–Crippen MR) is 103 cm³/mol. The zero-order valence-electron chi connectivity index (χ0n) is 15.4. The summed E-state index contributed by atoms with van der Waals surface area (Å²) < 4.78 is 39.8. The fraction of sp³-hybridized carbons (Fsp3) is 0.294. The molecule has 0 spiro atoms. The SMILES string of the molecule is Cc1ccnc(C(C)C)c1-n1c(=O)[nH]c(=O)c2c(S(C)(=O)=O)c(F)c(Cl)nc21. The van der Waals surface area contributed by atoms with Crippen LogP contribution in [0.4, 0.5) is 4.39 Å². The topological polar surface area (TPSA) is 115 Å². The number of nitrogens with one attached hydrogen (secondary N) is 1. The van der Waals surface area contributed by atoms with Gasteiger partial charge in [0.05, 0.1) is 11.4 Å². The Hall–Kier alpha value is -2.59. The third kappa shape index (κ3) is 3.12. The second-order valence-electron chi connectivity index (χ2n) is 6.63. The van der Waals surface area contributed by atoms with Gasteiger partial charge >= 0.3 is 5.69 Å². The van der Waals surface area contributed by atoms with E-state index in [4.69, 9.17) is 11.6 Å². The molecule has 0 saturated heterocycles. The fourth-order valence-electron chi connectivity index (χ4n) is 3.02. The predicted octanol–water partition coefficient (Wildman–Crippen LogP) is 2.10. The van der Waals surface area contributed by atoms with Crippen LogP contribution in [0.15, 0.2) is 26.7 Å². The Morgan fingerprint density at radius 1 is 1.29 bits per heavy atom. The van der Waals surface area contributed by atoms with Crippen molar-refractivity contribution in [1.82, 2.24) is 19.5 Å². The average molecular weight is 427 g/mol. The maximum Gasteiger partial charge on any atom is 0.334 e. The van der Waals surface area contributed by atoms with E-state index in [1.807, 2.05) is 18.8 Å². The zero-order chi connectivity index (χ0) is 21.0. The van der Waals surface area contributed by atoms with Crippen molar-refractivity contribution in [1.29, 1.82) is 0 Å². The van der Waals surface area contributed by atoms with E-state index in [0.717, 1.165) is 10.8 Å². The van der Waals surface area contributed by atoms with E-state index < -0.39 is 42.3 Å². The minimum absolute atomic E-state index is 0.117. The quantitative estimate of drug-likeness (QED) is 0.641. The molecule has 3 rings (SSSR count). The highest BCUT2D eigenvalue weighted by Crippen LogP contribution is 2.29. The molecular formula is C17H16ClFN4O4S. The molecule has 1 N–H and O–H groups in total. The molecule has 0 radical (unpaired) electrons. The smallest absolute Gasteiger partial charge is 0.273 e. The van der Waals surface area contributed by atoms with Crippen LogP contribution in [0.1, 0.15) is 31.0 Å². The first-order valence-electron chi connectivity index (χ1n) is 8.15. The van der Waals surface area contributed by atoms with Crippen molar-refractivity contribution in [3.05, 3.63) is 55.3 Å². The Labute approximate surface area is 164 Å². The lowest BCUT2D eigenvalue weighted by Crippen LogP contribution is -2.32. The second-order valence-corrected chi connectivity index (χ2v) is 8.94. The number of pyridine rings is 2. The Morgan fingerprint density at radius 3 is 2.50 bits per heavy atom. The van der Waals surface area contributed by atoms with Crippen molar-refractivity contribution in [2.24, 2.45) is 0 Å². The summed E-state index contributed by atoms with van der Waals surface area (Å²) in [5, 5.41) is -1.35. The van der Waals surface area contributed by atoms with E-state index in [2.05, 4.69) is 9.97 Å². The molecule has 3 aromatic heterocycles. The van der Waals surface area contributed by atoms with Gasteiger partial charge in [0.1, 0.15) is 10.3 Å². The number of hydrogen-bond acceptors (Lipinski definition) is 6. The van der Waals surface area contributed by atoms with Gasteiger partial charge in [-0.3, -0.25) is 14.8 Å². The summed E-state index contributed by atoms with van der Waals surface area (Å²) in [7, 11) is -4.20. The minimum Gasteiger partial charge on any atom is -0.273 e.